The maximum absolute atomic E-state index is 11.9. The summed E-state index contributed by atoms with van der Waals surface area (Å²) in [6.07, 6.45) is 2.43. The second-order valence-corrected chi connectivity index (χ2v) is 4.88. The zero-order valence-corrected chi connectivity index (χ0v) is 11.1. The molecule has 0 aliphatic carbocycles. The second kappa shape index (κ2) is 7.34. The minimum Gasteiger partial charge on any atom is -0.396 e. The largest absolute Gasteiger partial charge is 0.396 e. The van der Waals surface area contributed by atoms with E-state index in [1.165, 1.54) is 0 Å². The van der Waals surface area contributed by atoms with E-state index >= 15 is 0 Å². The molecule has 0 radical (unpaired) electrons. The Bertz CT molecular complexity index is 354. The van der Waals surface area contributed by atoms with Crippen LogP contribution in [0.5, 0.6) is 0 Å². The summed E-state index contributed by atoms with van der Waals surface area (Å²) < 4.78 is 3.82. The lowest BCUT2D eigenvalue weighted by atomic mass is 10.1. The quantitative estimate of drug-likeness (QED) is 0.770. The number of aliphatic hydroxyl groups is 1. The molecule has 1 aromatic heterocycles. The number of carbonyl (C=O) groups excluding carboxylic acids is 1. The average Bonchev–Trinajstić information content (AvgIpc) is 2.75. The Balaban J connectivity index is 2.49. The van der Waals surface area contributed by atoms with Gasteiger partial charge in [-0.1, -0.05) is 24.8 Å². The van der Waals surface area contributed by atoms with Gasteiger partial charge in [-0.15, -0.1) is 5.10 Å². The molecule has 1 aromatic rings. The van der Waals surface area contributed by atoms with E-state index < -0.39 is 0 Å². The van der Waals surface area contributed by atoms with Crippen molar-refractivity contribution >= 4 is 17.4 Å². The summed E-state index contributed by atoms with van der Waals surface area (Å²) >= 11 is 1.14. The lowest BCUT2D eigenvalue weighted by Gasteiger charge is -2.10. The third-order valence-corrected chi connectivity index (χ3v) is 3.25. The van der Waals surface area contributed by atoms with E-state index in [1.807, 2.05) is 13.8 Å². The molecule has 0 spiro atoms. The van der Waals surface area contributed by atoms with Crippen molar-refractivity contribution in [3.63, 3.8) is 0 Å². The number of hydrogen-bond acceptors (Lipinski definition) is 5. The Kier molecular flexibility index (Phi) is 6.07. The number of aromatic nitrogens is 2. The van der Waals surface area contributed by atoms with E-state index in [0.29, 0.717) is 17.8 Å². The van der Waals surface area contributed by atoms with Crippen molar-refractivity contribution in [1.82, 2.24) is 14.9 Å². The van der Waals surface area contributed by atoms with Gasteiger partial charge in [0.25, 0.3) is 5.91 Å². The average molecular weight is 257 g/mol. The summed E-state index contributed by atoms with van der Waals surface area (Å²) in [5, 5.41) is 15.6. The van der Waals surface area contributed by atoms with Crippen molar-refractivity contribution in [2.45, 2.75) is 33.1 Å². The van der Waals surface area contributed by atoms with Gasteiger partial charge < -0.3 is 10.4 Å². The van der Waals surface area contributed by atoms with E-state index in [-0.39, 0.29) is 18.4 Å². The zero-order chi connectivity index (χ0) is 12.7. The van der Waals surface area contributed by atoms with Gasteiger partial charge >= 0.3 is 0 Å². The van der Waals surface area contributed by atoms with Crippen LogP contribution in [0, 0.1) is 5.92 Å². The van der Waals surface area contributed by atoms with Gasteiger partial charge in [0.2, 0.25) is 0 Å². The van der Waals surface area contributed by atoms with Crippen LogP contribution in [-0.2, 0) is 6.42 Å². The molecule has 0 aromatic carbocycles. The summed E-state index contributed by atoms with van der Waals surface area (Å²) in [5.74, 6) is 0.174. The van der Waals surface area contributed by atoms with Gasteiger partial charge in [0.15, 0.2) is 0 Å². The van der Waals surface area contributed by atoms with Gasteiger partial charge in [0.05, 0.1) is 5.69 Å². The van der Waals surface area contributed by atoms with Crippen molar-refractivity contribution < 1.29 is 9.90 Å². The van der Waals surface area contributed by atoms with E-state index in [2.05, 4.69) is 14.9 Å². The number of rotatable bonds is 7. The molecule has 0 saturated carbocycles. The molecule has 1 heterocycles. The first-order valence-electron chi connectivity index (χ1n) is 5.89. The molecule has 5 nitrogen and oxygen atoms in total. The molecule has 0 bridgehead atoms. The summed E-state index contributed by atoms with van der Waals surface area (Å²) in [5.41, 5.74) is 0.782. The molecule has 1 rings (SSSR count). The van der Waals surface area contributed by atoms with Crippen molar-refractivity contribution in [1.29, 1.82) is 0 Å². The van der Waals surface area contributed by atoms with Gasteiger partial charge in [-0.3, -0.25) is 4.79 Å². The summed E-state index contributed by atoms with van der Waals surface area (Å²) in [6, 6.07) is 0. The number of aliphatic hydroxyl groups excluding tert-OH is 1. The maximum atomic E-state index is 11.9. The van der Waals surface area contributed by atoms with Crippen LogP contribution in [0.1, 0.15) is 42.1 Å². The maximum Gasteiger partial charge on any atom is 0.264 e. The van der Waals surface area contributed by atoms with Crippen molar-refractivity contribution in [2.75, 3.05) is 13.2 Å². The molecule has 0 saturated heterocycles. The Labute approximate surface area is 105 Å². The SMILES string of the molecule is CCCc1nnsc1C(=O)NCC(C)CCO. The van der Waals surface area contributed by atoms with Crippen molar-refractivity contribution in [2.24, 2.45) is 5.92 Å². The van der Waals surface area contributed by atoms with Gasteiger partial charge in [-0.2, -0.15) is 0 Å². The van der Waals surface area contributed by atoms with E-state index in [9.17, 15) is 4.79 Å². The first kappa shape index (κ1) is 14.1. The second-order valence-electron chi connectivity index (χ2n) is 4.13. The van der Waals surface area contributed by atoms with Crippen LogP contribution in [0.15, 0.2) is 0 Å². The van der Waals surface area contributed by atoms with Crippen LogP contribution in [-0.4, -0.2) is 33.8 Å². The van der Waals surface area contributed by atoms with E-state index in [1.54, 1.807) is 0 Å². The first-order chi connectivity index (χ1) is 8.19. The first-order valence-corrected chi connectivity index (χ1v) is 6.66. The molecule has 6 heteroatoms. The fraction of sp³-hybridized carbons (Fsp3) is 0.727. The Morgan fingerprint density at radius 1 is 1.59 bits per heavy atom. The minimum atomic E-state index is -0.103. The summed E-state index contributed by atoms with van der Waals surface area (Å²) in [7, 11) is 0. The monoisotopic (exact) mass is 257 g/mol. The van der Waals surface area contributed by atoms with Gasteiger partial charge in [-0.25, -0.2) is 0 Å². The van der Waals surface area contributed by atoms with Crippen molar-refractivity contribution in [3.8, 4) is 0 Å². The molecule has 1 amide bonds. The Morgan fingerprint density at radius 2 is 2.35 bits per heavy atom. The normalized spacial score (nSPS) is 12.4. The number of carbonyl (C=O) groups is 1. The molecule has 0 aliphatic heterocycles. The molecule has 1 unspecified atom stereocenters. The van der Waals surface area contributed by atoms with Gasteiger partial charge in [0.1, 0.15) is 4.88 Å². The minimum absolute atomic E-state index is 0.103. The smallest absolute Gasteiger partial charge is 0.264 e. The van der Waals surface area contributed by atoms with Crippen LogP contribution in [0.3, 0.4) is 0 Å². The molecular formula is C11H19N3O2S. The standard InChI is InChI=1S/C11H19N3O2S/c1-3-4-9-10(17-14-13-9)11(16)12-7-8(2)5-6-15/h8,15H,3-7H2,1-2H3,(H,12,16). The van der Waals surface area contributed by atoms with Gasteiger partial charge in [-0.05, 0) is 30.3 Å². The van der Waals surface area contributed by atoms with Crippen LogP contribution in [0.25, 0.3) is 0 Å². The van der Waals surface area contributed by atoms with E-state index in [4.69, 9.17) is 5.11 Å². The highest BCUT2D eigenvalue weighted by Gasteiger charge is 2.15. The molecule has 0 fully saturated rings. The third kappa shape index (κ3) is 4.40. The molecular weight excluding hydrogens is 238 g/mol. The summed E-state index contributed by atoms with van der Waals surface area (Å²) in [6.45, 7) is 4.77. The number of amides is 1. The fourth-order valence-corrected chi connectivity index (χ4v) is 2.08. The molecule has 0 aliphatic rings. The topological polar surface area (TPSA) is 75.1 Å². The lowest BCUT2D eigenvalue weighted by Crippen LogP contribution is -2.28. The van der Waals surface area contributed by atoms with Crippen LogP contribution in [0.4, 0.5) is 0 Å². The highest BCUT2D eigenvalue weighted by atomic mass is 32.1. The number of nitrogens with zero attached hydrogens (tertiary/aromatic N) is 2. The van der Waals surface area contributed by atoms with Crippen molar-refractivity contribution in [3.05, 3.63) is 10.6 Å². The highest BCUT2D eigenvalue weighted by molar-refractivity contribution is 7.08. The predicted octanol–water partition coefficient (Wildman–Crippen LogP) is 1.24. The predicted molar refractivity (Wildman–Crippen MR) is 67.1 cm³/mol. The number of aryl methyl sites for hydroxylation is 1. The zero-order valence-electron chi connectivity index (χ0n) is 10.3. The fourth-order valence-electron chi connectivity index (χ4n) is 1.45. The van der Waals surface area contributed by atoms with Gasteiger partial charge in [0, 0.05) is 13.2 Å². The van der Waals surface area contributed by atoms with Crippen LogP contribution in [0.2, 0.25) is 0 Å². The number of hydrogen-bond donors (Lipinski definition) is 2. The van der Waals surface area contributed by atoms with E-state index in [0.717, 1.165) is 30.1 Å². The van der Waals surface area contributed by atoms with Crippen LogP contribution < -0.4 is 5.32 Å². The molecule has 1 atom stereocenters. The Morgan fingerprint density at radius 3 is 3.00 bits per heavy atom. The lowest BCUT2D eigenvalue weighted by molar-refractivity contribution is 0.0948. The van der Waals surface area contributed by atoms with Crippen LogP contribution >= 0.6 is 11.5 Å². The molecule has 17 heavy (non-hydrogen) atoms. The molecule has 2 N–H and O–H groups in total. The third-order valence-electron chi connectivity index (χ3n) is 2.48. The highest BCUT2D eigenvalue weighted by Crippen LogP contribution is 2.12. The Hall–Kier alpha value is -1.01. The molecule has 96 valence electrons. The summed E-state index contributed by atoms with van der Waals surface area (Å²) in [4.78, 5) is 12.5. The number of nitrogens with one attached hydrogen (secondary N) is 1.